The van der Waals surface area contributed by atoms with E-state index in [0.717, 1.165) is 19.4 Å². The van der Waals surface area contributed by atoms with Crippen LogP contribution >= 0.6 is 0 Å². The van der Waals surface area contributed by atoms with Crippen LogP contribution in [-0.2, 0) is 6.54 Å². The molecule has 2 heterocycles. The molecule has 0 saturated carbocycles. The van der Waals surface area contributed by atoms with Crippen LogP contribution in [0, 0.1) is 5.41 Å². The number of aliphatic hydroxyl groups excluding tert-OH is 2. The molecule has 108 valence electrons. The molecule has 0 aliphatic carbocycles. The third kappa shape index (κ3) is 4.03. The molecule has 0 bridgehead atoms. The fraction of sp³-hybridized carbons (Fsp3) is 0.786. The Balaban J connectivity index is 1.91. The van der Waals surface area contributed by atoms with Gasteiger partial charge in [-0.05, 0) is 24.3 Å². The minimum Gasteiger partial charge on any atom is -0.395 e. The number of rotatable bonds is 5. The van der Waals surface area contributed by atoms with E-state index in [-0.39, 0.29) is 18.1 Å². The molecule has 2 atom stereocenters. The summed E-state index contributed by atoms with van der Waals surface area (Å²) in [6, 6.07) is 2.04. The van der Waals surface area contributed by atoms with Crippen molar-refractivity contribution in [2.75, 3.05) is 19.7 Å². The van der Waals surface area contributed by atoms with Gasteiger partial charge < -0.3 is 10.2 Å². The Morgan fingerprint density at radius 2 is 2.21 bits per heavy atom. The number of aromatic nitrogens is 2. The van der Waals surface area contributed by atoms with Crippen LogP contribution in [-0.4, -0.2) is 56.7 Å². The zero-order valence-electron chi connectivity index (χ0n) is 11.9. The van der Waals surface area contributed by atoms with Crippen LogP contribution in [0.2, 0.25) is 0 Å². The first kappa shape index (κ1) is 14.5. The fourth-order valence-electron chi connectivity index (χ4n) is 2.87. The smallest absolute Gasteiger partial charge is 0.0862 e. The lowest BCUT2D eigenvalue weighted by Gasteiger charge is -2.43. The number of piperidine rings is 1. The average molecular weight is 267 g/mol. The summed E-state index contributed by atoms with van der Waals surface area (Å²) in [6.07, 6.45) is 5.24. The summed E-state index contributed by atoms with van der Waals surface area (Å²) >= 11 is 0. The fourth-order valence-corrected chi connectivity index (χ4v) is 2.87. The first-order valence-corrected chi connectivity index (χ1v) is 7.00. The van der Waals surface area contributed by atoms with Gasteiger partial charge in [-0.25, -0.2) is 0 Å². The van der Waals surface area contributed by atoms with Gasteiger partial charge in [0.15, 0.2) is 0 Å². The van der Waals surface area contributed by atoms with E-state index in [1.807, 2.05) is 12.3 Å². The standard InChI is InChI=1S/C14H25N3O2/c1-14(2)5-4-12(10-18)16(11-14)8-13(19)9-17-7-3-6-15-17/h3,6-7,12-13,18-19H,4-5,8-11H2,1-2H3. The molecule has 0 radical (unpaired) electrons. The second-order valence-electron chi connectivity index (χ2n) is 6.35. The van der Waals surface area contributed by atoms with Gasteiger partial charge in [-0.2, -0.15) is 5.10 Å². The Hall–Kier alpha value is -0.910. The van der Waals surface area contributed by atoms with Crippen LogP contribution in [0.3, 0.4) is 0 Å². The van der Waals surface area contributed by atoms with Crippen LogP contribution in [0.25, 0.3) is 0 Å². The minimum atomic E-state index is -0.456. The van der Waals surface area contributed by atoms with Gasteiger partial charge in [0.1, 0.15) is 0 Å². The maximum atomic E-state index is 10.2. The summed E-state index contributed by atoms with van der Waals surface area (Å²) in [7, 11) is 0. The number of nitrogens with zero attached hydrogens (tertiary/aromatic N) is 3. The van der Waals surface area contributed by atoms with E-state index in [0.29, 0.717) is 13.1 Å². The van der Waals surface area contributed by atoms with Gasteiger partial charge in [0, 0.05) is 31.5 Å². The Bertz CT molecular complexity index is 378. The molecule has 5 nitrogen and oxygen atoms in total. The third-order valence-electron chi connectivity index (χ3n) is 3.91. The van der Waals surface area contributed by atoms with Gasteiger partial charge >= 0.3 is 0 Å². The molecule has 1 aliphatic rings. The molecule has 19 heavy (non-hydrogen) atoms. The predicted octanol–water partition coefficient (Wildman–Crippen LogP) is 0.727. The van der Waals surface area contributed by atoms with Gasteiger partial charge in [-0.1, -0.05) is 13.8 Å². The molecule has 2 unspecified atom stereocenters. The van der Waals surface area contributed by atoms with Crippen molar-refractivity contribution in [3.8, 4) is 0 Å². The van der Waals surface area contributed by atoms with Crippen molar-refractivity contribution in [2.24, 2.45) is 5.41 Å². The highest BCUT2D eigenvalue weighted by Gasteiger charge is 2.33. The van der Waals surface area contributed by atoms with Crippen LogP contribution in [0.1, 0.15) is 26.7 Å². The first-order chi connectivity index (χ1) is 9.00. The van der Waals surface area contributed by atoms with Gasteiger partial charge in [0.2, 0.25) is 0 Å². The lowest BCUT2D eigenvalue weighted by Crippen LogP contribution is -2.51. The van der Waals surface area contributed by atoms with Gasteiger partial charge in [-0.3, -0.25) is 9.58 Å². The van der Waals surface area contributed by atoms with E-state index >= 15 is 0 Å². The van der Waals surface area contributed by atoms with Gasteiger partial charge in [-0.15, -0.1) is 0 Å². The van der Waals surface area contributed by atoms with E-state index in [1.54, 1.807) is 10.9 Å². The average Bonchev–Trinajstić information content (AvgIpc) is 2.81. The van der Waals surface area contributed by atoms with Crippen molar-refractivity contribution in [1.82, 2.24) is 14.7 Å². The molecule has 0 amide bonds. The first-order valence-electron chi connectivity index (χ1n) is 7.00. The number of hydrogen-bond acceptors (Lipinski definition) is 4. The molecule has 5 heteroatoms. The monoisotopic (exact) mass is 267 g/mol. The highest BCUT2D eigenvalue weighted by atomic mass is 16.3. The van der Waals surface area contributed by atoms with Crippen molar-refractivity contribution >= 4 is 0 Å². The minimum absolute atomic E-state index is 0.171. The highest BCUT2D eigenvalue weighted by molar-refractivity contribution is 4.87. The molecule has 0 spiro atoms. The number of aliphatic hydroxyl groups is 2. The second kappa shape index (κ2) is 6.03. The normalized spacial score (nSPS) is 25.4. The zero-order chi connectivity index (χ0) is 13.9. The highest BCUT2D eigenvalue weighted by Crippen LogP contribution is 2.31. The lowest BCUT2D eigenvalue weighted by molar-refractivity contribution is -0.00339. The summed E-state index contributed by atoms with van der Waals surface area (Å²) in [4.78, 5) is 2.22. The molecular weight excluding hydrogens is 242 g/mol. The summed E-state index contributed by atoms with van der Waals surface area (Å²) in [5.74, 6) is 0. The van der Waals surface area contributed by atoms with Crippen molar-refractivity contribution in [2.45, 2.75) is 45.4 Å². The van der Waals surface area contributed by atoms with Crippen LogP contribution < -0.4 is 0 Å². The van der Waals surface area contributed by atoms with Crippen LogP contribution in [0.4, 0.5) is 0 Å². The number of hydrogen-bond donors (Lipinski definition) is 2. The Morgan fingerprint density at radius 1 is 1.42 bits per heavy atom. The van der Waals surface area contributed by atoms with E-state index < -0.39 is 6.10 Å². The molecule has 1 fully saturated rings. The Labute approximate surface area is 114 Å². The molecule has 2 rings (SSSR count). The molecular formula is C14H25N3O2. The van der Waals surface area contributed by atoms with E-state index in [1.165, 1.54) is 0 Å². The predicted molar refractivity (Wildman–Crippen MR) is 73.7 cm³/mol. The lowest BCUT2D eigenvalue weighted by atomic mass is 9.81. The molecule has 1 aromatic heterocycles. The van der Waals surface area contributed by atoms with E-state index in [9.17, 15) is 10.2 Å². The van der Waals surface area contributed by atoms with E-state index in [2.05, 4.69) is 23.8 Å². The largest absolute Gasteiger partial charge is 0.395 e. The third-order valence-corrected chi connectivity index (χ3v) is 3.91. The topological polar surface area (TPSA) is 61.5 Å². The molecule has 1 aromatic rings. The zero-order valence-corrected chi connectivity index (χ0v) is 11.9. The van der Waals surface area contributed by atoms with Gasteiger partial charge in [0.05, 0.1) is 19.3 Å². The Kier molecular flexibility index (Phi) is 4.60. The van der Waals surface area contributed by atoms with Crippen molar-refractivity contribution < 1.29 is 10.2 Å². The molecule has 2 N–H and O–H groups in total. The van der Waals surface area contributed by atoms with Crippen molar-refractivity contribution in [3.05, 3.63) is 18.5 Å². The van der Waals surface area contributed by atoms with E-state index in [4.69, 9.17) is 0 Å². The summed E-state index contributed by atoms with van der Waals surface area (Å²) in [5, 5.41) is 23.7. The molecule has 1 saturated heterocycles. The summed E-state index contributed by atoms with van der Waals surface area (Å²) in [6.45, 7) is 6.68. The van der Waals surface area contributed by atoms with Gasteiger partial charge in [0.25, 0.3) is 0 Å². The summed E-state index contributed by atoms with van der Waals surface area (Å²) in [5.41, 5.74) is 0.261. The Morgan fingerprint density at radius 3 is 2.84 bits per heavy atom. The molecule has 1 aliphatic heterocycles. The summed E-state index contributed by atoms with van der Waals surface area (Å²) < 4.78 is 1.74. The SMILES string of the molecule is CC1(C)CCC(CO)N(CC(O)Cn2cccn2)C1. The maximum absolute atomic E-state index is 10.2. The number of β-amino-alcohol motifs (C(OH)–C–C–N with tert-alkyl or cyclic N) is 1. The van der Waals surface area contributed by atoms with Crippen LogP contribution in [0.5, 0.6) is 0 Å². The quantitative estimate of drug-likeness (QED) is 0.825. The van der Waals surface area contributed by atoms with Crippen LogP contribution in [0.15, 0.2) is 18.5 Å². The van der Waals surface area contributed by atoms with Crippen molar-refractivity contribution in [3.63, 3.8) is 0 Å². The second-order valence-corrected chi connectivity index (χ2v) is 6.35. The maximum Gasteiger partial charge on any atom is 0.0862 e. The molecule has 0 aromatic carbocycles. The number of likely N-dealkylation sites (tertiary alicyclic amines) is 1. The van der Waals surface area contributed by atoms with Crippen molar-refractivity contribution in [1.29, 1.82) is 0 Å².